The van der Waals surface area contributed by atoms with E-state index in [0.29, 0.717) is 6.54 Å². The normalized spacial score (nSPS) is 16.5. The summed E-state index contributed by atoms with van der Waals surface area (Å²) in [5, 5.41) is 5.08. The van der Waals surface area contributed by atoms with Gasteiger partial charge >= 0.3 is 0 Å². The molecule has 0 radical (unpaired) electrons. The van der Waals surface area contributed by atoms with E-state index >= 15 is 0 Å². The predicted octanol–water partition coefficient (Wildman–Crippen LogP) is 4.65. The molecule has 0 bridgehead atoms. The summed E-state index contributed by atoms with van der Waals surface area (Å²) >= 11 is 0. The van der Waals surface area contributed by atoms with Gasteiger partial charge in [-0.05, 0) is 79.0 Å². The van der Waals surface area contributed by atoms with Crippen LogP contribution in [0.15, 0.2) is 60.7 Å². The number of hydrogen-bond donors (Lipinski definition) is 2. The van der Waals surface area contributed by atoms with Gasteiger partial charge in [-0.25, -0.2) is 4.39 Å². The molecular weight excluding hydrogens is 377 g/mol. The third kappa shape index (κ3) is 4.46. The number of nitrogens with one attached hydrogen (secondary N) is 1. The van der Waals surface area contributed by atoms with Crippen molar-refractivity contribution in [3.8, 4) is 0 Å². The van der Waals surface area contributed by atoms with Crippen LogP contribution in [-0.2, 0) is 11.3 Å². The maximum absolute atomic E-state index is 13.6. The van der Waals surface area contributed by atoms with Gasteiger partial charge in [0.25, 0.3) is 0 Å². The maximum atomic E-state index is 13.6. The minimum atomic E-state index is -0.210. The second-order valence-corrected chi connectivity index (χ2v) is 8.16. The Balaban J connectivity index is 1.35. The number of nitrogen functional groups attached to an aromatic ring is 1. The SMILES string of the molecule is CC(c1cccc2cc(F)ccc12)N1CCC(C(=O)NCc2ccc(N)cc2)CC1. The minimum absolute atomic E-state index is 0.0452. The first kappa shape index (κ1) is 20.4. The molecule has 1 unspecified atom stereocenters. The van der Waals surface area contributed by atoms with Gasteiger partial charge in [0, 0.05) is 24.2 Å². The molecule has 4 nitrogen and oxygen atoms in total. The van der Waals surface area contributed by atoms with E-state index in [9.17, 15) is 9.18 Å². The zero-order valence-electron chi connectivity index (χ0n) is 17.3. The van der Waals surface area contributed by atoms with Crippen molar-refractivity contribution in [3.63, 3.8) is 0 Å². The molecule has 5 heteroatoms. The molecule has 1 atom stereocenters. The van der Waals surface area contributed by atoms with Gasteiger partial charge in [0.15, 0.2) is 0 Å². The summed E-state index contributed by atoms with van der Waals surface area (Å²) in [4.78, 5) is 15.0. The van der Waals surface area contributed by atoms with E-state index in [2.05, 4.69) is 23.2 Å². The fourth-order valence-electron chi connectivity index (χ4n) is 4.36. The second-order valence-electron chi connectivity index (χ2n) is 8.16. The van der Waals surface area contributed by atoms with Gasteiger partial charge in [0.05, 0.1) is 0 Å². The van der Waals surface area contributed by atoms with Gasteiger partial charge in [0.2, 0.25) is 5.91 Å². The molecule has 156 valence electrons. The Morgan fingerprint density at radius 2 is 1.87 bits per heavy atom. The molecule has 1 heterocycles. The van der Waals surface area contributed by atoms with Gasteiger partial charge in [-0.3, -0.25) is 9.69 Å². The Kier molecular flexibility index (Phi) is 6.00. The third-order valence-corrected chi connectivity index (χ3v) is 6.22. The Bertz CT molecular complexity index is 1030. The topological polar surface area (TPSA) is 58.4 Å². The lowest BCUT2D eigenvalue weighted by Gasteiger charge is -2.36. The molecule has 1 saturated heterocycles. The van der Waals surface area contributed by atoms with Crippen LogP contribution in [0.4, 0.5) is 10.1 Å². The first-order chi connectivity index (χ1) is 14.5. The van der Waals surface area contributed by atoms with Crippen LogP contribution in [0.5, 0.6) is 0 Å². The number of piperidine rings is 1. The lowest BCUT2D eigenvalue weighted by Crippen LogP contribution is -2.41. The highest BCUT2D eigenvalue weighted by molar-refractivity contribution is 5.86. The highest BCUT2D eigenvalue weighted by Crippen LogP contribution is 2.31. The number of amides is 1. The van der Waals surface area contributed by atoms with Crippen LogP contribution in [0.3, 0.4) is 0 Å². The second kappa shape index (κ2) is 8.84. The molecule has 3 N–H and O–H groups in total. The summed E-state index contributed by atoms with van der Waals surface area (Å²) in [5.41, 5.74) is 8.69. The molecule has 0 spiro atoms. The number of carbonyl (C=O) groups is 1. The molecule has 3 aromatic carbocycles. The number of likely N-dealkylation sites (tertiary alicyclic amines) is 1. The van der Waals surface area contributed by atoms with Gasteiger partial charge < -0.3 is 11.1 Å². The summed E-state index contributed by atoms with van der Waals surface area (Å²) in [5.74, 6) is -0.0401. The van der Waals surface area contributed by atoms with Gasteiger partial charge in [0.1, 0.15) is 5.82 Å². The molecular formula is C25H28FN3O. The van der Waals surface area contributed by atoms with E-state index in [4.69, 9.17) is 5.73 Å². The molecule has 0 aliphatic carbocycles. The molecule has 4 rings (SSSR count). The maximum Gasteiger partial charge on any atom is 0.223 e. The lowest BCUT2D eigenvalue weighted by atomic mass is 9.92. The Morgan fingerprint density at radius 3 is 2.60 bits per heavy atom. The first-order valence-electron chi connectivity index (χ1n) is 10.6. The van der Waals surface area contributed by atoms with Crippen LogP contribution < -0.4 is 11.1 Å². The molecule has 1 amide bonds. The fourth-order valence-corrected chi connectivity index (χ4v) is 4.36. The monoisotopic (exact) mass is 405 g/mol. The van der Waals surface area contributed by atoms with Crippen molar-refractivity contribution < 1.29 is 9.18 Å². The lowest BCUT2D eigenvalue weighted by molar-refractivity contribution is -0.126. The van der Waals surface area contributed by atoms with Crippen LogP contribution in [0.2, 0.25) is 0 Å². The number of benzene rings is 3. The molecule has 0 aromatic heterocycles. The summed E-state index contributed by atoms with van der Waals surface area (Å²) in [6, 6.07) is 18.8. The highest BCUT2D eigenvalue weighted by atomic mass is 19.1. The van der Waals surface area contributed by atoms with Gasteiger partial charge in [-0.15, -0.1) is 0 Å². The number of halogens is 1. The minimum Gasteiger partial charge on any atom is -0.399 e. The van der Waals surface area contributed by atoms with Crippen molar-refractivity contribution in [2.24, 2.45) is 5.92 Å². The molecule has 0 saturated carbocycles. The largest absolute Gasteiger partial charge is 0.399 e. The number of rotatable bonds is 5. The highest BCUT2D eigenvalue weighted by Gasteiger charge is 2.28. The quantitative estimate of drug-likeness (QED) is 0.608. The van der Waals surface area contributed by atoms with Crippen molar-refractivity contribution >= 4 is 22.4 Å². The van der Waals surface area contributed by atoms with Crippen molar-refractivity contribution in [1.29, 1.82) is 0 Å². The molecule has 3 aromatic rings. The summed E-state index contributed by atoms with van der Waals surface area (Å²) in [7, 11) is 0. The van der Waals surface area contributed by atoms with Crippen molar-refractivity contribution in [2.45, 2.75) is 32.4 Å². The van der Waals surface area contributed by atoms with Crippen LogP contribution in [-0.4, -0.2) is 23.9 Å². The van der Waals surface area contributed by atoms with Crippen molar-refractivity contribution in [3.05, 3.63) is 77.6 Å². The van der Waals surface area contributed by atoms with Crippen LogP contribution in [0.1, 0.15) is 36.9 Å². The van der Waals surface area contributed by atoms with Crippen LogP contribution in [0, 0.1) is 11.7 Å². The number of fused-ring (bicyclic) bond motifs is 1. The van der Waals surface area contributed by atoms with Crippen LogP contribution >= 0.6 is 0 Å². The molecule has 30 heavy (non-hydrogen) atoms. The van der Waals surface area contributed by atoms with E-state index in [1.54, 1.807) is 6.07 Å². The van der Waals surface area contributed by atoms with E-state index < -0.39 is 0 Å². The third-order valence-electron chi connectivity index (χ3n) is 6.22. The zero-order chi connectivity index (χ0) is 21.1. The van der Waals surface area contributed by atoms with E-state index in [-0.39, 0.29) is 23.7 Å². The van der Waals surface area contributed by atoms with Crippen molar-refractivity contribution in [2.75, 3.05) is 18.8 Å². The number of nitrogens with two attached hydrogens (primary N) is 1. The molecule has 1 fully saturated rings. The van der Waals surface area contributed by atoms with E-state index in [1.807, 2.05) is 42.5 Å². The number of hydrogen-bond acceptors (Lipinski definition) is 3. The Morgan fingerprint density at radius 1 is 1.13 bits per heavy atom. The summed E-state index contributed by atoms with van der Waals surface area (Å²) in [6.45, 7) is 4.47. The number of anilines is 1. The van der Waals surface area contributed by atoms with Crippen molar-refractivity contribution in [1.82, 2.24) is 10.2 Å². The summed E-state index contributed by atoms with van der Waals surface area (Å²) in [6.07, 6.45) is 1.69. The van der Waals surface area contributed by atoms with Gasteiger partial charge in [-0.2, -0.15) is 0 Å². The Labute approximate surface area is 176 Å². The standard InChI is InChI=1S/C25H28FN3O/c1-17(23-4-2-3-20-15-21(26)7-10-24(20)23)29-13-11-19(12-14-29)25(30)28-16-18-5-8-22(27)9-6-18/h2-10,15,17,19H,11-14,16,27H2,1H3,(H,28,30). The van der Waals surface area contributed by atoms with Gasteiger partial charge in [-0.1, -0.05) is 36.4 Å². The average Bonchev–Trinajstić information content (AvgIpc) is 2.77. The average molecular weight is 406 g/mol. The molecule has 1 aliphatic rings. The predicted molar refractivity (Wildman–Crippen MR) is 119 cm³/mol. The zero-order valence-corrected chi connectivity index (χ0v) is 17.3. The van der Waals surface area contributed by atoms with Crippen LogP contribution in [0.25, 0.3) is 10.8 Å². The van der Waals surface area contributed by atoms with E-state index in [0.717, 1.165) is 48.0 Å². The Hall–Kier alpha value is -2.92. The number of nitrogens with zero attached hydrogens (tertiary/aromatic N) is 1. The summed E-state index contributed by atoms with van der Waals surface area (Å²) < 4.78 is 13.6. The fraction of sp³-hybridized carbons (Fsp3) is 0.320. The molecule has 1 aliphatic heterocycles. The first-order valence-corrected chi connectivity index (χ1v) is 10.6. The number of carbonyl (C=O) groups excluding carboxylic acids is 1. The smallest absolute Gasteiger partial charge is 0.223 e. The van der Waals surface area contributed by atoms with E-state index in [1.165, 1.54) is 11.6 Å².